The van der Waals surface area contributed by atoms with Gasteiger partial charge in [0, 0.05) is 20.1 Å². The molecule has 94 valence electrons. The zero-order valence-electron chi connectivity index (χ0n) is 9.86. The third-order valence-electron chi connectivity index (χ3n) is 2.74. The third-order valence-corrected chi connectivity index (χ3v) is 5.08. The minimum atomic E-state index is -0.365. The molecule has 0 unspecified atom stereocenters. The molecule has 0 radical (unpaired) electrons. The molecular weight excluding hydrogens is 254 g/mol. The van der Waals surface area contributed by atoms with E-state index in [2.05, 4.69) is 9.62 Å². The number of thiophene rings is 1. The van der Waals surface area contributed by atoms with E-state index in [4.69, 9.17) is 5.73 Å². The van der Waals surface area contributed by atoms with Gasteiger partial charge in [-0.3, -0.25) is 4.79 Å². The quantitative estimate of drug-likeness (QED) is 0.826. The van der Waals surface area contributed by atoms with E-state index in [0.717, 1.165) is 22.3 Å². The number of carbonyl (C=O) groups excluding carboxylic acids is 1. The zero-order valence-corrected chi connectivity index (χ0v) is 11.5. The molecular formula is C11H17N3OS2. The Morgan fingerprint density at radius 1 is 1.47 bits per heavy atom. The highest BCUT2D eigenvalue weighted by Gasteiger charge is 2.17. The van der Waals surface area contributed by atoms with Crippen molar-refractivity contribution >= 4 is 34.2 Å². The Morgan fingerprint density at radius 2 is 2.18 bits per heavy atom. The average Bonchev–Trinajstić information content (AvgIpc) is 2.73. The highest BCUT2D eigenvalue weighted by molar-refractivity contribution is 7.99. The van der Waals surface area contributed by atoms with Gasteiger partial charge in [-0.05, 0) is 30.9 Å². The number of hydrogen-bond donors (Lipinski definition) is 2. The van der Waals surface area contributed by atoms with Gasteiger partial charge in [0.25, 0.3) is 5.91 Å². The Kier molecular flexibility index (Phi) is 4.31. The molecule has 1 aromatic rings. The summed E-state index contributed by atoms with van der Waals surface area (Å²) in [7, 11) is 1.81. The van der Waals surface area contributed by atoms with Crippen molar-refractivity contribution in [3.05, 3.63) is 11.6 Å². The Labute approximate surface area is 110 Å². The number of nitrogens with zero attached hydrogens (tertiary/aromatic N) is 1. The summed E-state index contributed by atoms with van der Waals surface area (Å²) < 4.78 is 3.49. The summed E-state index contributed by atoms with van der Waals surface area (Å²) in [5, 5.41) is 3.88. The van der Waals surface area contributed by atoms with Gasteiger partial charge in [0.1, 0.15) is 5.00 Å². The number of rotatable bonds is 4. The molecule has 1 aliphatic rings. The van der Waals surface area contributed by atoms with Gasteiger partial charge >= 0.3 is 0 Å². The monoisotopic (exact) mass is 271 g/mol. The van der Waals surface area contributed by atoms with Crippen molar-refractivity contribution in [1.29, 1.82) is 0 Å². The first-order valence-corrected chi connectivity index (χ1v) is 7.34. The minimum Gasteiger partial charge on any atom is -0.379 e. The molecule has 0 spiro atoms. The lowest BCUT2D eigenvalue weighted by atomic mass is 10.2. The summed E-state index contributed by atoms with van der Waals surface area (Å²) in [4.78, 5) is 11.3. The smallest absolute Gasteiger partial charge is 0.251 e. The summed E-state index contributed by atoms with van der Waals surface area (Å²) in [5.41, 5.74) is 5.94. The number of amides is 1. The van der Waals surface area contributed by atoms with Crippen LogP contribution in [0.5, 0.6) is 0 Å². The summed E-state index contributed by atoms with van der Waals surface area (Å²) >= 11 is 3.33. The maximum Gasteiger partial charge on any atom is 0.251 e. The third kappa shape index (κ3) is 3.14. The Hall–Kier alpha value is -0.720. The van der Waals surface area contributed by atoms with Gasteiger partial charge in [-0.25, -0.2) is 4.31 Å². The molecule has 3 N–H and O–H groups in total. The van der Waals surface area contributed by atoms with E-state index >= 15 is 0 Å². The van der Waals surface area contributed by atoms with Crippen LogP contribution < -0.4 is 11.1 Å². The standard InChI is InChI=1S/C11H17N3OS2/c1-13-11-8(10(12)15)7-9(16-11)17-14-5-3-2-4-6-14/h7,13H,2-6H2,1H3,(H2,12,15). The molecule has 4 nitrogen and oxygen atoms in total. The van der Waals surface area contributed by atoms with E-state index in [1.54, 1.807) is 23.3 Å². The van der Waals surface area contributed by atoms with Gasteiger partial charge in [0.2, 0.25) is 0 Å². The summed E-state index contributed by atoms with van der Waals surface area (Å²) in [6.07, 6.45) is 3.86. The topological polar surface area (TPSA) is 58.4 Å². The van der Waals surface area contributed by atoms with Gasteiger partial charge in [0.05, 0.1) is 9.77 Å². The molecule has 0 saturated carbocycles. The van der Waals surface area contributed by atoms with Crippen LogP contribution >= 0.6 is 23.3 Å². The van der Waals surface area contributed by atoms with E-state index in [1.807, 2.05) is 13.1 Å². The lowest BCUT2D eigenvalue weighted by Crippen LogP contribution is -2.22. The number of anilines is 1. The van der Waals surface area contributed by atoms with Gasteiger partial charge in [-0.15, -0.1) is 11.3 Å². The molecule has 0 bridgehead atoms. The fourth-order valence-corrected chi connectivity index (χ4v) is 4.20. The molecule has 0 aromatic carbocycles. The second-order valence-electron chi connectivity index (χ2n) is 4.00. The second kappa shape index (κ2) is 5.75. The van der Waals surface area contributed by atoms with Crippen molar-refractivity contribution in [2.24, 2.45) is 5.73 Å². The maximum absolute atomic E-state index is 11.3. The largest absolute Gasteiger partial charge is 0.379 e. The zero-order chi connectivity index (χ0) is 12.3. The van der Waals surface area contributed by atoms with Crippen molar-refractivity contribution in [2.45, 2.75) is 23.5 Å². The fraction of sp³-hybridized carbons (Fsp3) is 0.545. The van der Waals surface area contributed by atoms with Crippen molar-refractivity contribution in [3.8, 4) is 0 Å². The molecule has 1 saturated heterocycles. The van der Waals surface area contributed by atoms with Crippen molar-refractivity contribution in [1.82, 2.24) is 4.31 Å². The first kappa shape index (κ1) is 12.7. The summed E-state index contributed by atoms with van der Waals surface area (Å²) in [6.45, 7) is 2.26. The van der Waals surface area contributed by atoms with Crippen molar-refractivity contribution in [3.63, 3.8) is 0 Å². The van der Waals surface area contributed by atoms with Gasteiger partial charge in [0.15, 0.2) is 0 Å². The van der Waals surface area contributed by atoms with Crippen LogP contribution in [0.3, 0.4) is 0 Å². The highest BCUT2D eigenvalue weighted by atomic mass is 32.2. The van der Waals surface area contributed by atoms with E-state index in [1.165, 1.54) is 19.3 Å². The van der Waals surface area contributed by atoms with Crippen LogP contribution in [-0.2, 0) is 0 Å². The number of nitrogens with one attached hydrogen (secondary N) is 1. The van der Waals surface area contributed by atoms with Crippen LogP contribution in [0.4, 0.5) is 5.00 Å². The van der Waals surface area contributed by atoms with E-state index in [-0.39, 0.29) is 5.91 Å². The summed E-state index contributed by atoms with van der Waals surface area (Å²) in [6, 6.07) is 1.89. The lowest BCUT2D eigenvalue weighted by Gasteiger charge is -2.24. The van der Waals surface area contributed by atoms with Crippen LogP contribution in [0, 0.1) is 0 Å². The predicted molar refractivity (Wildman–Crippen MR) is 73.7 cm³/mol. The summed E-state index contributed by atoms with van der Waals surface area (Å²) in [5.74, 6) is -0.365. The van der Waals surface area contributed by atoms with E-state index in [0.29, 0.717) is 5.56 Å². The number of nitrogens with two attached hydrogens (primary N) is 1. The molecule has 2 heterocycles. The second-order valence-corrected chi connectivity index (χ2v) is 6.45. The van der Waals surface area contributed by atoms with Crippen LogP contribution in [-0.4, -0.2) is 30.3 Å². The van der Waals surface area contributed by atoms with Gasteiger partial charge in [-0.2, -0.15) is 0 Å². The average molecular weight is 271 g/mol. The number of hydrogen-bond acceptors (Lipinski definition) is 5. The minimum absolute atomic E-state index is 0.365. The van der Waals surface area contributed by atoms with Crippen molar-refractivity contribution in [2.75, 3.05) is 25.5 Å². The first-order chi connectivity index (χ1) is 8.20. The molecule has 1 aliphatic heterocycles. The van der Waals surface area contributed by atoms with E-state index in [9.17, 15) is 4.79 Å². The van der Waals surface area contributed by atoms with Gasteiger partial charge < -0.3 is 11.1 Å². The molecule has 6 heteroatoms. The normalized spacial score (nSPS) is 17.0. The SMILES string of the molecule is CNc1sc(SN2CCCCC2)cc1C(N)=O. The highest BCUT2D eigenvalue weighted by Crippen LogP contribution is 2.37. The van der Waals surface area contributed by atoms with Crippen LogP contribution in [0.15, 0.2) is 10.3 Å². The Balaban J connectivity index is 2.07. The molecule has 2 rings (SSSR count). The van der Waals surface area contributed by atoms with Crippen molar-refractivity contribution < 1.29 is 4.79 Å². The van der Waals surface area contributed by atoms with Crippen LogP contribution in [0.2, 0.25) is 0 Å². The van der Waals surface area contributed by atoms with Gasteiger partial charge in [-0.1, -0.05) is 6.42 Å². The molecule has 0 aliphatic carbocycles. The fourth-order valence-electron chi connectivity index (χ4n) is 1.87. The lowest BCUT2D eigenvalue weighted by molar-refractivity contribution is 0.100. The number of carbonyl (C=O) groups is 1. The Morgan fingerprint density at radius 3 is 2.71 bits per heavy atom. The molecule has 17 heavy (non-hydrogen) atoms. The number of piperidine rings is 1. The number of primary amides is 1. The van der Waals surface area contributed by atoms with E-state index < -0.39 is 0 Å². The molecule has 1 amide bonds. The predicted octanol–water partition coefficient (Wildman–Crippen LogP) is 2.38. The van der Waals surface area contributed by atoms with Crippen LogP contribution in [0.1, 0.15) is 29.6 Å². The maximum atomic E-state index is 11.3. The van der Waals surface area contributed by atoms with Crippen LogP contribution in [0.25, 0.3) is 0 Å². The molecule has 1 aromatic heterocycles. The molecule has 1 fully saturated rings. The Bertz CT molecular complexity index is 399. The first-order valence-electron chi connectivity index (χ1n) is 5.75. The molecule has 0 atom stereocenters.